The number of nitrogens with zero attached hydrogens (tertiary/aromatic N) is 2. The molecule has 1 amide bonds. The number of benzene rings is 1. The summed E-state index contributed by atoms with van der Waals surface area (Å²) in [7, 11) is 1.85. The molecule has 0 bridgehead atoms. The fourth-order valence-electron chi connectivity index (χ4n) is 2.65. The molecule has 0 unspecified atom stereocenters. The summed E-state index contributed by atoms with van der Waals surface area (Å²) < 4.78 is 7.26. The number of hydrogen-bond acceptors (Lipinski definition) is 3. The number of rotatable bonds is 4. The highest BCUT2D eigenvalue weighted by molar-refractivity contribution is 5.99. The Bertz CT molecular complexity index is 616. The monoisotopic (exact) mass is 285 g/mol. The Hall–Kier alpha value is -2.14. The lowest BCUT2D eigenvalue weighted by atomic mass is 10.1. The molecule has 1 aliphatic rings. The van der Waals surface area contributed by atoms with Crippen LogP contribution < -0.4 is 5.32 Å². The Morgan fingerprint density at radius 3 is 2.95 bits per heavy atom. The number of nitrogens with one attached hydrogen (secondary N) is 1. The quantitative estimate of drug-likeness (QED) is 0.934. The summed E-state index contributed by atoms with van der Waals surface area (Å²) in [6.07, 6.45) is 3.85. The molecule has 110 valence electrons. The highest BCUT2D eigenvalue weighted by atomic mass is 16.5. The van der Waals surface area contributed by atoms with E-state index in [1.807, 2.05) is 37.4 Å². The Kier molecular flexibility index (Phi) is 4.01. The van der Waals surface area contributed by atoms with Crippen molar-refractivity contribution in [2.75, 3.05) is 13.2 Å². The molecule has 0 spiro atoms. The van der Waals surface area contributed by atoms with Crippen molar-refractivity contribution in [3.63, 3.8) is 0 Å². The lowest BCUT2D eigenvalue weighted by Crippen LogP contribution is -2.31. The average molecular weight is 285 g/mol. The molecule has 3 rings (SSSR count). The molecule has 1 aromatic heterocycles. The van der Waals surface area contributed by atoms with Gasteiger partial charge in [0.25, 0.3) is 5.91 Å². The molecule has 1 saturated heterocycles. The predicted octanol–water partition coefficient (Wildman–Crippen LogP) is 2.00. The maximum absolute atomic E-state index is 12.4. The largest absolute Gasteiger partial charge is 0.376 e. The minimum Gasteiger partial charge on any atom is -0.376 e. The van der Waals surface area contributed by atoms with E-state index >= 15 is 0 Å². The number of amides is 1. The molecule has 0 saturated carbocycles. The third-order valence-electron chi connectivity index (χ3n) is 3.74. The zero-order valence-electron chi connectivity index (χ0n) is 12.1. The Labute approximate surface area is 123 Å². The van der Waals surface area contributed by atoms with Crippen molar-refractivity contribution in [2.24, 2.45) is 7.05 Å². The molecule has 0 radical (unpaired) electrons. The third-order valence-corrected chi connectivity index (χ3v) is 3.74. The van der Waals surface area contributed by atoms with Crippen LogP contribution in [0, 0.1) is 0 Å². The summed E-state index contributed by atoms with van der Waals surface area (Å²) in [5.41, 5.74) is 2.42. The molecule has 1 fully saturated rings. The van der Waals surface area contributed by atoms with E-state index in [9.17, 15) is 4.79 Å². The van der Waals surface area contributed by atoms with Crippen LogP contribution in [-0.4, -0.2) is 34.9 Å². The fourth-order valence-corrected chi connectivity index (χ4v) is 2.65. The number of aryl methyl sites for hydroxylation is 1. The topological polar surface area (TPSA) is 56.2 Å². The van der Waals surface area contributed by atoms with Gasteiger partial charge in [0.1, 0.15) is 0 Å². The van der Waals surface area contributed by atoms with Crippen LogP contribution in [-0.2, 0) is 11.8 Å². The zero-order valence-corrected chi connectivity index (χ0v) is 12.1. The normalized spacial score (nSPS) is 17.9. The van der Waals surface area contributed by atoms with E-state index < -0.39 is 0 Å². The minimum atomic E-state index is -0.0996. The second kappa shape index (κ2) is 6.10. The summed E-state index contributed by atoms with van der Waals surface area (Å²) in [4.78, 5) is 12.4. The average Bonchev–Trinajstić information content (AvgIpc) is 3.15. The Morgan fingerprint density at radius 1 is 1.43 bits per heavy atom. The molecule has 2 aromatic rings. The molecule has 1 atom stereocenters. The summed E-state index contributed by atoms with van der Waals surface area (Å²) in [5, 5.41) is 7.17. The van der Waals surface area contributed by atoms with Crippen molar-refractivity contribution in [1.29, 1.82) is 0 Å². The fraction of sp³-hybridized carbons (Fsp3) is 0.375. The maximum Gasteiger partial charge on any atom is 0.255 e. The van der Waals surface area contributed by atoms with Crippen LogP contribution in [0.3, 0.4) is 0 Å². The van der Waals surface area contributed by atoms with Crippen LogP contribution >= 0.6 is 0 Å². The van der Waals surface area contributed by atoms with E-state index in [1.165, 1.54) is 0 Å². The van der Waals surface area contributed by atoms with E-state index in [1.54, 1.807) is 10.9 Å². The van der Waals surface area contributed by atoms with Gasteiger partial charge in [-0.05, 0) is 12.8 Å². The van der Waals surface area contributed by atoms with Crippen LogP contribution in [0.15, 0.2) is 36.5 Å². The number of carbonyl (C=O) groups excluding carboxylic acids is 1. The molecule has 2 heterocycles. The molecule has 1 aliphatic heterocycles. The summed E-state index contributed by atoms with van der Waals surface area (Å²) >= 11 is 0. The van der Waals surface area contributed by atoms with Crippen molar-refractivity contribution in [2.45, 2.75) is 18.9 Å². The maximum atomic E-state index is 12.4. The van der Waals surface area contributed by atoms with Gasteiger partial charge >= 0.3 is 0 Å². The molecule has 1 N–H and O–H groups in total. The van der Waals surface area contributed by atoms with Crippen LogP contribution in [0.25, 0.3) is 11.3 Å². The van der Waals surface area contributed by atoms with E-state index in [-0.39, 0.29) is 12.0 Å². The van der Waals surface area contributed by atoms with Crippen LogP contribution in [0.1, 0.15) is 23.2 Å². The van der Waals surface area contributed by atoms with Crippen molar-refractivity contribution >= 4 is 5.91 Å². The van der Waals surface area contributed by atoms with Crippen molar-refractivity contribution in [1.82, 2.24) is 15.1 Å². The predicted molar refractivity (Wildman–Crippen MR) is 80.0 cm³/mol. The standard InChI is InChI=1S/C16H19N3O2/c1-19-15(12-6-3-2-4-7-12)14(11-18-19)16(20)17-10-13-8-5-9-21-13/h2-4,6-7,11,13H,5,8-10H2,1H3,(H,17,20)/t13-/m0/s1. The van der Waals surface area contributed by atoms with Crippen molar-refractivity contribution < 1.29 is 9.53 Å². The highest BCUT2D eigenvalue weighted by Gasteiger charge is 2.20. The van der Waals surface area contributed by atoms with Gasteiger partial charge in [0.15, 0.2) is 0 Å². The van der Waals surface area contributed by atoms with Gasteiger partial charge in [-0.3, -0.25) is 9.48 Å². The molecular formula is C16H19N3O2. The summed E-state index contributed by atoms with van der Waals surface area (Å²) in [5.74, 6) is -0.0996. The van der Waals surface area contributed by atoms with Gasteiger partial charge in [-0.15, -0.1) is 0 Å². The zero-order chi connectivity index (χ0) is 14.7. The number of aromatic nitrogens is 2. The van der Waals surface area contributed by atoms with E-state index in [4.69, 9.17) is 4.74 Å². The lowest BCUT2D eigenvalue weighted by molar-refractivity contribution is 0.0858. The van der Waals surface area contributed by atoms with E-state index in [0.29, 0.717) is 12.1 Å². The van der Waals surface area contributed by atoms with Gasteiger partial charge < -0.3 is 10.1 Å². The van der Waals surface area contributed by atoms with Gasteiger partial charge in [0, 0.05) is 25.8 Å². The second-order valence-corrected chi connectivity index (χ2v) is 5.24. The van der Waals surface area contributed by atoms with Crippen molar-refractivity contribution in [3.05, 3.63) is 42.1 Å². The number of carbonyl (C=O) groups is 1. The lowest BCUT2D eigenvalue weighted by Gasteiger charge is -2.11. The Balaban J connectivity index is 1.77. The number of hydrogen-bond donors (Lipinski definition) is 1. The SMILES string of the molecule is Cn1ncc(C(=O)NC[C@@H]2CCCO2)c1-c1ccccc1. The van der Waals surface area contributed by atoms with Gasteiger partial charge in [-0.25, -0.2) is 0 Å². The van der Waals surface area contributed by atoms with Crippen LogP contribution in [0.5, 0.6) is 0 Å². The summed E-state index contributed by atoms with van der Waals surface area (Å²) in [6.45, 7) is 1.35. The Morgan fingerprint density at radius 2 is 2.24 bits per heavy atom. The molecule has 5 nitrogen and oxygen atoms in total. The van der Waals surface area contributed by atoms with Gasteiger partial charge in [0.05, 0.1) is 23.6 Å². The van der Waals surface area contributed by atoms with Gasteiger partial charge in [-0.1, -0.05) is 30.3 Å². The summed E-state index contributed by atoms with van der Waals surface area (Å²) in [6, 6.07) is 9.82. The highest BCUT2D eigenvalue weighted by Crippen LogP contribution is 2.22. The first-order valence-corrected chi connectivity index (χ1v) is 7.23. The molecule has 0 aliphatic carbocycles. The first-order chi connectivity index (χ1) is 10.3. The molecule has 21 heavy (non-hydrogen) atoms. The van der Waals surface area contributed by atoms with E-state index in [2.05, 4.69) is 10.4 Å². The first kappa shape index (κ1) is 13.8. The smallest absolute Gasteiger partial charge is 0.255 e. The van der Waals surface area contributed by atoms with Gasteiger partial charge in [-0.2, -0.15) is 5.10 Å². The minimum absolute atomic E-state index is 0.0996. The molecular weight excluding hydrogens is 266 g/mol. The van der Waals surface area contributed by atoms with Crippen LogP contribution in [0.4, 0.5) is 0 Å². The first-order valence-electron chi connectivity index (χ1n) is 7.23. The van der Waals surface area contributed by atoms with Crippen molar-refractivity contribution in [3.8, 4) is 11.3 Å². The third kappa shape index (κ3) is 2.97. The molecule has 1 aromatic carbocycles. The number of ether oxygens (including phenoxy) is 1. The molecule has 5 heteroatoms. The van der Waals surface area contributed by atoms with Gasteiger partial charge in [0.2, 0.25) is 0 Å². The van der Waals surface area contributed by atoms with Crippen LogP contribution in [0.2, 0.25) is 0 Å². The second-order valence-electron chi connectivity index (χ2n) is 5.24. The van der Waals surface area contributed by atoms with E-state index in [0.717, 1.165) is 30.7 Å².